The van der Waals surface area contributed by atoms with Gasteiger partial charge in [-0.3, -0.25) is 5.32 Å². The van der Waals surface area contributed by atoms with Gasteiger partial charge in [0.25, 0.3) is 0 Å². The lowest BCUT2D eigenvalue weighted by Gasteiger charge is -2.08. The van der Waals surface area contributed by atoms with Crippen LogP contribution in [0.3, 0.4) is 0 Å². The molecule has 0 aliphatic rings. The molecule has 0 bridgehead atoms. The van der Waals surface area contributed by atoms with Gasteiger partial charge in [-0.1, -0.05) is 31.5 Å². The minimum atomic E-state index is -0.305. The number of benzene rings is 1. The zero-order valence-electron chi connectivity index (χ0n) is 12.1. The Bertz CT molecular complexity index is 554. The maximum Gasteiger partial charge on any atom is 0.324 e. The van der Waals surface area contributed by atoms with Crippen molar-refractivity contribution in [3.8, 4) is 0 Å². The monoisotopic (exact) mass is 284 g/mol. The van der Waals surface area contributed by atoms with Gasteiger partial charge >= 0.3 is 6.03 Å². The molecular formula is C16H20N4O. The highest BCUT2D eigenvalue weighted by molar-refractivity contribution is 5.99. The van der Waals surface area contributed by atoms with E-state index in [4.69, 9.17) is 0 Å². The lowest BCUT2D eigenvalue weighted by Crippen LogP contribution is -2.20. The number of hydrogen-bond acceptors (Lipinski definition) is 3. The highest BCUT2D eigenvalue weighted by atomic mass is 16.2. The molecule has 0 saturated carbocycles. The van der Waals surface area contributed by atoms with E-state index >= 15 is 0 Å². The van der Waals surface area contributed by atoms with Crippen molar-refractivity contribution in [1.29, 1.82) is 0 Å². The third-order valence-corrected chi connectivity index (χ3v) is 2.90. The van der Waals surface area contributed by atoms with E-state index in [2.05, 4.69) is 27.9 Å². The predicted octanol–water partition coefficient (Wildman–Crippen LogP) is 3.94. The van der Waals surface area contributed by atoms with Crippen LogP contribution in [0.1, 0.15) is 19.8 Å². The van der Waals surface area contributed by atoms with Crippen LogP contribution >= 0.6 is 0 Å². The molecule has 0 aliphatic carbocycles. The molecule has 2 aromatic rings. The molecule has 110 valence electrons. The molecule has 3 N–H and O–H groups in total. The Balaban J connectivity index is 1.83. The lowest BCUT2D eigenvalue weighted by atomic mass is 10.3. The molecule has 1 aromatic heterocycles. The fraction of sp³-hybridized carbons (Fsp3) is 0.250. The third-order valence-electron chi connectivity index (χ3n) is 2.90. The van der Waals surface area contributed by atoms with Gasteiger partial charge in [-0.25, -0.2) is 9.78 Å². The summed E-state index contributed by atoms with van der Waals surface area (Å²) in [7, 11) is 0. The molecule has 1 aromatic carbocycles. The first-order valence-corrected chi connectivity index (χ1v) is 7.11. The van der Waals surface area contributed by atoms with Crippen molar-refractivity contribution in [2.45, 2.75) is 19.8 Å². The van der Waals surface area contributed by atoms with Crippen molar-refractivity contribution in [1.82, 2.24) is 4.98 Å². The number of hydrogen-bond donors (Lipinski definition) is 3. The van der Waals surface area contributed by atoms with Gasteiger partial charge in [0.15, 0.2) is 0 Å². The summed E-state index contributed by atoms with van der Waals surface area (Å²) < 4.78 is 0. The van der Waals surface area contributed by atoms with Crippen molar-refractivity contribution in [3.63, 3.8) is 0 Å². The van der Waals surface area contributed by atoms with Crippen molar-refractivity contribution in [2.75, 3.05) is 22.5 Å². The van der Waals surface area contributed by atoms with Crippen LogP contribution in [0.25, 0.3) is 0 Å². The summed E-state index contributed by atoms with van der Waals surface area (Å²) in [4.78, 5) is 16.0. The van der Waals surface area contributed by atoms with Crippen LogP contribution in [0.4, 0.5) is 22.0 Å². The summed E-state index contributed by atoms with van der Waals surface area (Å²) in [5, 5.41) is 8.71. The predicted molar refractivity (Wildman–Crippen MR) is 86.7 cm³/mol. The Morgan fingerprint density at radius 1 is 1.05 bits per heavy atom. The molecule has 21 heavy (non-hydrogen) atoms. The number of nitrogens with zero attached hydrogens (tertiary/aromatic N) is 1. The number of urea groups is 1. The van der Waals surface area contributed by atoms with Crippen molar-refractivity contribution < 1.29 is 4.79 Å². The zero-order valence-corrected chi connectivity index (χ0v) is 12.1. The maximum absolute atomic E-state index is 11.8. The topological polar surface area (TPSA) is 66.0 Å². The molecule has 0 radical (unpaired) electrons. The number of pyridine rings is 1. The fourth-order valence-corrected chi connectivity index (χ4v) is 1.78. The van der Waals surface area contributed by atoms with Gasteiger partial charge in [-0.2, -0.15) is 0 Å². The molecule has 0 unspecified atom stereocenters. The minimum Gasteiger partial charge on any atom is -0.384 e. The molecule has 5 nitrogen and oxygen atoms in total. The van der Waals surface area contributed by atoms with Gasteiger partial charge in [0, 0.05) is 12.2 Å². The summed E-state index contributed by atoms with van der Waals surface area (Å²) in [6, 6.07) is 12.7. The van der Waals surface area contributed by atoms with E-state index in [1.807, 2.05) is 36.4 Å². The van der Waals surface area contributed by atoms with Crippen LogP contribution in [-0.2, 0) is 0 Å². The van der Waals surface area contributed by atoms with E-state index in [0.29, 0.717) is 5.82 Å². The first kappa shape index (κ1) is 14.8. The molecule has 0 saturated heterocycles. The van der Waals surface area contributed by atoms with Crippen molar-refractivity contribution >= 4 is 23.2 Å². The van der Waals surface area contributed by atoms with Crippen molar-refractivity contribution in [3.05, 3.63) is 48.7 Å². The number of aromatic nitrogens is 1. The average Bonchev–Trinajstić information content (AvgIpc) is 2.50. The van der Waals surface area contributed by atoms with Crippen molar-refractivity contribution in [2.24, 2.45) is 0 Å². The first-order valence-electron chi connectivity index (χ1n) is 7.11. The lowest BCUT2D eigenvalue weighted by molar-refractivity contribution is 0.262. The number of para-hydroxylation sites is 1. The van der Waals surface area contributed by atoms with E-state index in [9.17, 15) is 4.79 Å². The van der Waals surface area contributed by atoms with E-state index in [1.54, 1.807) is 12.3 Å². The number of carbonyl (C=O) groups is 1. The largest absolute Gasteiger partial charge is 0.384 e. The summed E-state index contributed by atoms with van der Waals surface area (Å²) >= 11 is 0. The second-order valence-corrected chi connectivity index (χ2v) is 4.66. The Kier molecular flexibility index (Phi) is 5.58. The Labute approximate surface area is 124 Å². The summed E-state index contributed by atoms with van der Waals surface area (Å²) in [6.07, 6.45) is 3.99. The molecule has 0 fully saturated rings. The van der Waals surface area contributed by atoms with Gasteiger partial charge in [-0.05, 0) is 30.7 Å². The van der Waals surface area contributed by atoms with E-state index in [0.717, 1.165) is 30.8 Å². The maximum atomic E-state index is 11.8. The van der Waals surface area contributed by atoms with Gasteiger partial charge in [0.05, 0.1) is 11.9 Å². The number of unbranched alkanes of at least 4 members (excludes halogenated alkanes) is 1. The molecule has 0 atom stereocenters. The van der Waals surface area contributed by atoms with E-state index in [-0.39, 0.29) is 6.03 Å². The van der Waals surface area contributed by atoms with Gasteiger partial charge < -0.3 is 10.6 Å². The highest BCUT2D eigenvalue weighted by Crippen LogP contribution is 2.11. The highest BCUT2D eigenvalue weighted by Gasteiger charge is 2.03. The molecule has 1 heterocycles. The Morgan fingerprint density at radius 3 is 2.52 bits per heavy atom. The zero-order chi connectivity index (χ0) is 14.9. The van der Waals surface area contributed by atoms with Crippen LogP contribution in [0.15, 0.2) is 48.7 Å². The minimum absolute atomic E-state index is 0.305. The summed E-state index contributed by atoms with van der Waals surface area (Å²) in [6.45, 7) is 3.08. The standard InChI is InChI=1S/C16H20N4O/c1-2-3-11-17-14-9-10-15(18-12-14)20-16(21)19-13-7-5-4-6-8-13/h4-10,12,17H,2-3,11H2,1H3,(H2,18,19,20,21). The molecular weight excluding hydrogens is 264 g/mol. The second kappa shape index (κ2) is 7.89. The van der Waals surface area contributed by atoms with Crippen LogP contribution in [0.5, 0.6) is 0 Å². The van der Waals surface area contributed by atoms with Crippen LogP contribution in [0.2, 0.25) is 0 Å². The Morgan fingerprint density at radius 2 is 1.86 bits per heavy atom. The van der Waals surface area contributed by atoms with E-state index < -0.39 is 0 Å². The normalized spacial score (nSPS) is 9.95. The number of carbonyl (C=O) groups excluding carboxylic acids is 1. The van der Waals surface area contributed by atoms with Gasteiger partial charge in [0.1, 0.15) is 5.82 Å². The average molecular weight is 284 g/mol. The molecule has 2 rings (SSSR count). The summed E-state index contributed by atoms with van der Waals surface area (Å²) in [5.41, 5.74) is 1.70. The smallest absolute Gasteiger partial charge is 0.324 e. The SMILES string of the molecule is CCCCNc1ccc(NC(=O)Nc2ccccc2)nc1. The van der Waals surface area contributed by atoms with Gasteiger partial charge in [0.2, 0.25) is 0 Å². The number of nitrogens with one attached hydrogen (secondary N) is 3. The van der Waals surface area contributed by atoms with E-state index in [1.165, 1.54) is 0 Å². The van der Waals surface area contributed by atoms with Crippen LogP contribution in [0, 0.1) is 0 Å². The van der Waals surface area contributed by atoms with Crippen LogP contribution < -0.4 is 16.0 Å². The molecule has 2 amide bonds. The van der Waals surface area contributed by atoms with Gasteiger partial charge in [-0.15, -0.1) is 0 Å². The Hall–Kier alpha value is -2.56. The second-order valence-electron chi connectivity index (χ2n) is 4.66. The third kappa shape index (κ3) is 5.14. The fourth-order valence-electron chi connectivity index (χ4n) is 1.78. The number of amides is 2. The quantitative estimate of drug-likeness (QED) is 0.704. The van der Waals surface area contributed by atoms with Crippen LogP contribution in [-0.4, -0.2) is 17.6 Å². The number of anilines is 3. The molecule has 0 spiro atoms. The summed E-state index contributed by atoms with van der Waals surface area (Å²) in [5.74, 6) is 0.518. The molecule has 5 heteroatoms. The number of rotatable bonds is 6. The molecule has 0 aliphatic heterocycles. The first-order chi connectivity index (χ1) is 10.3.